The van der Waals surface area contributed by atoms with E-state index in [0.717, 1.165) is 39.9 Å². The van der Waals surface area contributed by atoms with Crippen molar-refractivity contribution < 1.29 is 4.74 Å². The van der Waals surface area contributed by atoms with Crippen molar-refractivity contribution in [1.29, 1.82) is 0 Å². The fraction of sp³-hybridized carbons (Fsp3) is 0.0870. The summed E-state index contributed by atoms with van der Waals surface area (Å²) in [7, 11) is 0. The molecule has 2 aliphatic rings. The second kappa shape index (κ2) is 11.3. The first kappa shape index (κ1) is 29.1. The van der Waals surface area contributed by atoms with Gasteiger partial charge in [-0.25, -0.2) is 0 Å². The number of fused-ring (bicyclic) bond motifs is 4. The van der Waals surface area contributed by atoms with Crippen LogP contribution in [-0.2, 0) is 5.41 Å². The van der Waals surface area contributed by atoms with Gasteiger partial charge in [-0.1, -0.05) is 135 Å². The van der Waals surface area contributed by atoms with Crippen molar-refractivity contribution in [2.75, 3.05) is 9.80 Å². The number of para-hydroxylation sites is 2. The number of benzene rings is 7. The summed E-state index contributed by atoms with van der Waals surface area (Å²) in [6.45, 7) is 6.83. The van der Waals surface area contributed by atoms with Gasteiger partial charge in [-0.15, -0.1) is 0 Å². The number of rotatable bonds is 5. The molecule has 0 saturated carbocycles. The maximum absolute atomic E-state index is 7.07. The van der Waals surface area contributed by atoms with Crippen LogP contribution < -0.4 is 14.5 Å². The van der Waals surface area contributed by atoms with E-state index in [-0.39, 0.29) is 5.41 Å². The first-order chi connectivity index (χ1) is 24.0. The van der Waals surface area contributed by atoms with E-state index in [1.54, 1.807) is 0 Å². The molecule has 0 bridgehead atoms. The fourth-order valence-electron chi connectivity index (χ4n) is 7.66. The van der Waals surface area contributed by atoms with Crippen molar-refractivity contribution in [2.24, 2.45) is 0 Å². The lowest BCUT2D eigenvalue weighted by molar-refractivity contribution is 0.472. The standard InChI is InChI=1S/C46H36N2O/c1-31-13-12-20-42-43(31)48-40-19-11-10-18-38(40)46(2,3)39-29-30-41(45(49-42)44(39)48)47(36-25-21-34(22-26-36)32-14-6-4-7-15-32)37-27-23-35(24-28-37)33-16-8-5-9-17-33/h4-30H,1-3H3. The summed E-state index contributed by atoms with van der Waals surface area (Å²) in [5.41, 5.74) is 14.8. The number of hydrogen-bond acceptors (Lipinski definition) is 3. The summed E-state index contributed by atoms with van der Waals surface area (Å²) >= 11 is 0. The van der Waals surface area contributed by atoms with Crippen LogP contribution in [0.4, 0.5) is 34.1 Å². The number of anilines is 6. The zero-order valence-electron chi connectivity index (χ0n) is 27.9. The highest BCUT2D eigenvalue weighted by molar-refractivity contribution is 5.99. The number of aryl methyl sites for hydroxylation is 1. The third-order valence-electron chi connectivity index (χ3n) is 10.2. The summed E-state index contributed by atoms with van der Waals surface area (Å²) in [5.74, 6) is 1.72. The van der Waals surface area contributed by atoms with Crippen molar-refractivity contribution in [3.8, 4) is 33.8 Å². The smallest absolute Gasteiger partial charge is 0.175 e. The lowest BCUT2D eigenvalue weighted by Crippen LogP contribution is -2.33. The molecule has 3 nitrogen and oxygen atoms in total. The molecule has 0 fully saturated rings. The molecule has 7 aromatic rings. The highest BCUT2D eigenvalue weighted by atomic mass is 16.5. The van der Waals surface area contributed by atoms with Crippen LogP contribution in [0.15, 0.2) is 164 Å². The number of ether oxygens (including phenoxy) is 1. The van der Waals surface area contributed by atoms with Crippen LogP contribution in [-0.4, -0.2) is 0 Å². The largest absolute Gasteiger partial charge is 0.451 e. The van der Waals surface area contributed by atoms with Gasteiger partial charge < -0.3 is 14.5 Å². The highest BCUT2D eigenvalue weighted by Crippen LogP contribution is 2.63. The minimum Gasteiger partial charge on any atom is -0.451 e. The minimum atomic E-state index is -0.223. The Morgan fingerprint density at radius 1 is 0.490 bits per heavy atom. The Kier molecular flexibility index (Phi) is 6.70. The average molecular weight is 633 g/mol. The zero-order valence-corrected chi connectivity index (χ0v) is 27.9. The van der Waals surface area contributed by atoms with Gasteiger partial charge in [-0.05, 0) is 88.3 Å². The molecule has 0 spiro atoms. The van der Waals surface area contributed by atoms with Crippen LogP contribution in [0, 0.1) is 6.92 Å². The van der Waals surface area contributed by atoms with Crippen LogP contribution in [0.25, 0.3) is 22.3 Å². The molecule has 9 rings (SSSR count). The summed E-state index contributed by atoms with van der Waals surface area (Å²) in [6, 6.07) is 58.6. The molecular weight excluding hydrogens is 597 g/mol. The molecule has 0 radical (unpaired) electrons. The van der Waals surface area contributed by atoms with Gasteiger partial charge in [0.25, 0.3) is 0 Å². The lowest BCUT2D eigenvalue weighted by Gasteiger charge is -2.46. The van der Waals surface area contributed by atoms with Crippen molar-refractivity contribution in [1.82, 2.24) is 0 Å². The van der Waals surface area contributed by atoms with Gasteiger partial charge in [-0.2, -0.15) is 0 Å². The lowest BCUT2D eigenvalue weighted by atomic mass is 9.73. The predicted molar refractivity (Wildman–Crippen MR) is 204 cm³/mol. The molecule has 0 N–H and O–H groups in total. The van der Waals surface area contributed by atoms with Crippen LogP contribution in [0.3, 0.4) is 0 Å². The third-order valence-corrected chi connectivity index (χ3v) is 10.2. The second-order valence-electron chi connectivity index (χ2n) is 13.5. The molecule has 2 heterocycles. The van der Waals surface area contributed by atoms with Gasteiger partial charge >= 0.3 is 0 Å². The van der Waals surface area contributed by atoms with Crippen LogP contribution >= 0.6 is 0 Å². The Labute approximate surface area is 288 Å². The maximum atomic E-state index is 7.07. The van der Waals surface area contributed by atoms with Crippen molar-refractivity contribution in [2.45, 2.75) is 26.2 Å². The van der Waals surface area contributed by atoms with E-state index in [1.807, 2.05) is 0 Å². The van der Waals surface area contributed by atoms with Gasteiger partial charge in [0.1, 0.15) is 0 Å². The first-order valence-corrected chi connectivity index (χ1v) is 16.9. The van der Waals surface area contributed by atoms with Gasteiger partial charge in [0.05, 0.1) is 22.7 Å². The molecule has 0 atom stereocenters. The van der Waals surface area contributed by atoms with E-state index >= 15 is 0 Å². The van der Waals surface area contributed by atoms with Crippen LogP contribution in [0.5, 0.6) is 11.5 Å². The van der Waals surface area contributed by atoms with E-state index in [2.05, 4.69) is 194 Å². The van der Waals surface area contributed by atoms with E-state index in [1.165, 1.54) is 44.6 Å². The molecule has 49 heavy (non-hydrogen) atoms. The zero-order chi connectivity index (χ0) is 33.1. The summed E-state index contributed by atoms with van der Waals surface area (Å²) in [6.07, 6.45) is 0. The Balaban J connectivity index is 1.27. The molecule has 0 aliphatic carbocycles. The van der Waals surface area contributed by atoms with Crippen molar-refractivity contribution >= 4 is 34.1 Å². The molecule has 236 valence electrons. The van der Waals surface area contributed by atoms with E-state index in [4.69, 9.17) is 4.74 Å². The van der Waals surface area contributed by atoms with E-state index in [9.17, 15) is 0 Å². The summed E-state index contributed by atoms with van der Waals surface area (Å²) in [4.78, 5) is 4.78. The van der Waals surface area contributed by atoms with Crippen molar-refractivity contribution in [3.63, 3.8) is 0 Å². The molecular formula is C46H36N2O. The number of hydrogen-bond donors (Lipinski definition) is 0. The topological polar surface area (TPSA) is 15.7 Å². The predicted octanol–water partition coefficient (Wildman–Crippen LogP) is 13.0. The first-order valence-electron chi connectivity index (χ1n) is 16.9. The highest BCUT2D eigenvalue weighted by Gasteiger charge is 2.43. The third kappa shape index (κ3) is 4.65. The Morgan fingerprint density at radius 2 is 1.04 bits per heavy atom. The molecule has 0 saturated heterocycles. The van der Waals surface area contributed by atoms with E-state index in [0.29, 0.717) is 0 Å². The second-order valence-corrected chi connectivity index (χ2v) is 13.5. The maximum Gasteiger partial charge on any atom is 0.175 e. The Bertz CT molecular complexity index is 2240. The monoisotopic (exact) mass is 632 g/mol. The minimum absolute atomic E-state index is 0.223. The number of nitrogens with zero attached hydrogens (tertiary/aromatic N) is 2. The average Bonchev–Trinajstić information content (AvgIpc) is 3.15. The normalized spacial score (nSPS) is 13.5. The van der Waals surface area contributed by atoms with E-state index < -0.39 is 0 Å². The molecule has 3 heteroatoms. The van der Waals surface area contributed by atoms with Gasteiger partial charge in [0, 0.05) is 16.8 Å². The Hall–Kier alpha value is -6.06. The molecule has 0 aromatic heterocycles. The van der Waals surface area contributed by atoms with Crippen molar-refractivity contribution in [3.05, 3.63) is 180 Å². The SMILES string of the molecule is Cc1cccc2c1N1c3ccccc3C(C)(C)c3ccc(N(c4ccc(-c5ccccc5)cc4)c4ccc(-c5ccccc5)cc4)c(c31)O2. The molecule has 0 amide bonds. The van der Waals surface area contributed by atoms with Gasteiger partial charge in [0.15, 0.2) is 11.5 Å². The fourth-order valence-corrected chi connectivity index (χ4v) is 7.66. The molecule has 7 aromatic carbocycles. The van der Waals surface area contributed by atoms with Crippen LogP contribution in [0.2, 0.25) is 0 Å². The van der Waals surface area contributed by atoms with Gasteiger partial charge in [-0.3, -0.25) is 0 Å². The quantitative estimate of drug-likeness (QED) is 0.188. The summed E-state index contributed by atoms with van der Waals surface area (Å²) < 4.78 is 7.07. The summed E-state index contributed by atoms with van der Waals surface area (Å²) in [5, 5.41) is 0. The van der Waals surface area contributed by atoms with Gasteiger partial charge in [0.2, 0.25) is 0 Å². The molecule has 2 aliphatic heterocycles. The Morgan fingerprint density at radius 3 is 1.65 bits per heavy atom. The van der Waals surface area contributed by atoms with Crippen LogP contribution in [0.1, 0.15) is 30.5 Å². The molecule has 0 unspecified atom stereocenters.